The lowest BCUT2D eigenvalue weighted by molar-refractivity contribution is -0.384. The first-order valence-electron chi connectivity index (χ1n) is 6.24. The van der Waals surface area contributed by atoms with E-state index >= 15 is 0 Å². The second-order valence-corrected chi connectivity index (χ2v) is 4.48. The number of hydrogen-bond donors (Lipinski definition) is 0. The van der Waals surface area contributed by atoms with Gasteiger partial charge in [-0.15, -0.1) is 0 Å². The second kappa shape index (κ2) is 5.77. The average Bonchev–Trinajstić information content (AvgIpc) is 2.46. The van der Waals surface area contributed by atoms with Crippen LogP contribution >= 0.6 is 0 Å². The standard InChI is InChI=1S/C13H16N2O5/c1-19-12-7-10(14-5-3-9(16)4-6-14)11(15(17)18)8-13(12)20-2/h7-8H,3-6H2,1-2H3. The maximum atomic E-state index is 11.3. The normalized spacial score (nSPS) is 15.1. The molecule has 0 radical (unpaired) electrons. The zero-order valence-corrected chi connectivity index (χ0v) is 11.4. The Balaban J connectivity index is 2.44. The molecule has 0 saturated carbocycles. The van der Waals surface area contributed by atoms with Gasteiger partial charge in [0.2, 0.25) is 0 Å². The highest BCUT2D eigenvalue weighted by Crippen LogP contribution is 2.40. The van der Waals surface area contributed by atoms with E-state index in [1.54, 1.807) is 6.07 Å². The largest absolute Gasteiger partial charge is 0.493 e. The van der Waals surface area contributed by atoms with Crippen molar-refractivity contribution in [2.24, 2.45) is 0 Å². The third kappa shape index (κ3) is 2.66. The molecule has 1 aliphatic rings. The van der Waals surface area contributed by atoms with Gasteiger partial charge in [-0.25, -0.2) is 0 Å². The number of nitro benzene ring substituents is 1. The van der Waals surface area contributed by atoms with Crippen LogP contribution in [0.1, 0.15) is 12.8 Å². The maximum absolute atomic E-state index is 11.3. The number of benzene rings is 1. The summed E-state index contributed by atoms with van der Waals surface area (Å²) in [4.78, 5) is 23.9. The zero-order chi connectivity index (χ0) is 14.7. The number of nitrogens with zero attached hydrogens (tertiary/aromatic N) is 2. The fourth-order valence-corrected chi connectivity index (χ4v) is 2.25. The van der Waals surface area contributed by atoms with Gasteiger partial charge in [0.05, 0.1) is 25.2 Å². The molecule has 7 nitrogen and oxygen atoms in total. The lowest BCUT2D eigenvalue weighted by Crippen LogP contribution is -2.34. The van der Waals surface area contributed by atoms with Gasteiger partial charge in [-0.05, 0) is 0 Å². The topological polar surface area (TPSA) is 81.9 Å². The SMILES string of the molecule is COc1cc(N2CCC(=O)CC2)c([N+](=O)[O-])cc1OC. The van der Waals surface area contributed by atoms with Gasteiger partial charge in [0.25, 0.3) is 5.69 Å². The molecule has 0 unspecified atom stereocenters. The van der Waals surface area contributed by atoms with Crippen LogP contribution in [-0.2, 0) is 4.79 Å². The summed E-state index contributed by atoms with van der Waals surface area (Å²) in [5.74, 6) is 0.936. The van der Waals surface area contributed by atoms with Crippen molar-refractivity contribution in [1.29, 1.82) is 0 Å². The van der Waals surface area contributed by atoms with E-state index in [-0.39, 0.29) is 11.5 Å². The van der Waals surface area contributed by atoms with E-state index in [9.17, 15) is 14.9 Å². The molecule has 1 aromatic rings. The van der Waals surface area contributed by atoms with Crippen molar-refractivity contribution in [3.05, 3.63) is 22.2 Å². The Kier molecular flexibility index (Phi) is 4.07. The molecule has 1 aromatic carbocycles. The van der Waals surface area contributed by atoms with Crippen LogP contribution < -0.4 is 14.4 Å². The number of piperidine rings is 1. The molecule has 0 N–H and O–H groups in total. The molecule has 0 aliphatic carbocycles. The summed E-state index contributed by atoms with van der Waals surface area (Å²) in [6, 6.07) is 2.94. The third-order valence-corrected chi connectivity index (χ3v) is 3.34. The van der Waals surface area contributed by atoms with Crippen LogP contribution in [0, 0.1) is 10.1 Å². The second-order valence-electron chi connectivity index (χ2n) is 4.48. The van der Waals surface area contributed by atoms with E-state index in [0.29, 0.717) is 43.1 Å². The van der Waals surface area contributed by atoms with Gasteiger partial charge in [-0.2, -0.15) is 0 Å². The molecule has 0 atom stereocenters. The van der Waals surface area contributed by atoms with E-state index in [4.69, 9.17) is 9.47 Å². The fourth-order valence-electron chi connectivity index (χ4n) is 2.25. The highest BCUT2D eigenvalue weighted by Gasteiger charge is 2.26. The van der Waals surface area contributed by atoms with Crippen LogP contribution in [0.4, 0.5) is 11.4 Å². The summed E-state index contributed by atoms with van der Waals surface area (Å²) in [6.07, 6.45) is 0.816. The first-order valence-corrected chi connectivity index (χ1v) is 6.24. The first-order chi connectivity index (χ1) is 9.56. The molecule has 108 valence electrons. The van der Waals surface area contributed by atoms with Crippen LogP contribution in [0.5, 0.6) is 11.5 Å². The van der Waals surface area contributed by atoms with E-state index in [0.717, 1.165) is 0 Å². The number of methoxy groups -OCH3 is 2. The lowest BCUT2D eigenvalue weighted by Gasteiger charge is -2.28. The minimum absolute atomic E-state index is 0.0444. The van der Waals surface area contributed by atoms with Crippen LogP contribution in [0.15, 0.2) is 12.1 Å². The summed E-state index contributed by atoms with van der Waals surface area (Å²) in [5, 5.41) is 11.2. The van der Waals surface area contributed by atoms with Crippen molar-refractivity contribution in [2.45, 2.75) is 12.8 Å². The molecule has 2 rings (SSSR count). The Morgan fingerprint density at radius 1 is 1.15 bits per heavy atom. The molecule has 0 spiro atoms. The molecule has 0 amide bonds. The molecule has 0 bridgehead atoms. The number of ether oxygens (including phenoxy) is 2. The molecule has 1 fully saturated rings. The monoisotopic (exact) mass is 280 g/mol. The fraction of sp³-hybridized carbons (Fsp3) is 0.462. The average molecular weight is 280 g/mol. The third-order valence-electron chi connectivity index (χ3n) is 3.34. The molecule has 7 heteroatoms. The van der Waals surface area contributed by atoms with E-state index in [1.165, 1.54) is 20.3 Å². The van der Waals surface area contributed by atoms with E-state index < -0.39 is 4.92 Å². The molecule has 1 aliphatic heterocycles. The minimum Gasteiger partial charge on any atom is -0.493 e. The quantitative estimate of drug-likeness (QED) is 0.617. The molecule has 1 saturated heterocycles. The molecule has 20 heavy (non-hydrogen) atoms. The van der Waals surface area contributed by atoms with Crippen molar-refractivity contribution in [3.63, 3.8) is 0 Å². The van der Waals surface area contributed by atoms with Crippen LogP contribution in [-0.4, -0.2) is 38.0 Å². The predicted molar refractivity (Wildman–Crippen MR) is 72.7 cm³/mol. The van der Waals surface area contributed by atoms with Crippen molar-refractivity contribution in [3.8, 4) is 11.5 Å². The first kappa shape index (κ1) is 14.1. The Labute approximate surface area is 116 Å². The lowest BCUT2D eigenvalue weighted by atomic mass is 10.1. The number of carbonyl (C=O) groups is 1. The summed E-state index contributed by atoms with van der Waals surface area (Å²) in [5.41, 5.74) is 0.414. The maximum Gasteiger partial charge on any atom is 0.296 e. The Hall–Kier alpha value is -2.31. The van der Waals surface area contributed by atoms with E-state index in [1.807, 2.05) is 4.90 Å². The molecular formula is C13H16N2O5. The minimum atomic E-state index is -0.451. The number of Topliss-reactive ketones (excluding diaryl/α,β-unsaturated/α-hetero) is 1. The molecule has 0 aromatic heterocycles. The Morgan fingerprint density at radius 3 is 2.20 bits per heavy atom. The van der Waals surface area contributed by atoms with Gasteiger partial charge in [0, 0.05) is 32.0 Å². The Bertz CT molecular complexity index is 534. The van der Waals surface area contributed by atoms with E-state index in [2.05, 4.69) is 0 Å². The Morgan fingerprint density at radius 2 is 1.70 bits per heavy atom. The van der Waals surface area contributed by atoms with Gasteiger partial charge in [-0.1, -0.05) is 0 Å². The number of nitro groups is 1. The number of carbonyl (C=O) groups excluding carboxylic acids is 1. The van der Waals surface area contributed by atoms with Gasteiger partial charge < -0.3 is 14.4 Å². The van der Waals surface area contributed by atoms with Crippen LogP contribution in [0.2, 0.25) is 0 Å². The van der Waals surface area contributed by atoms with Crippen LogP contribution in [0.25, 0.3) is 0 Å². The summed E-state index contributed by atoms with van der Waals surface area (Å²) in [6.45, 7) is 0.963. The van der Waals surface area contributed by atoms with Gasteiger partial charge >= 0.3 is 0 Å². The van der Waals surface area contributed by atoms with Gasteiger partial charge in [0.1, 0.15) is 11.5 Å². The van der Waals surface area contributed by atoms with Crippen LogP contribution in [0.3, 0.4) is 0 Å². The zero-order valence-electron chi connectivity index (χ0n) is 11.4. The summed E-state index contributed by atoms with van der Waals surface area (Å²) in [7, 11) is 2.91. The van der Waals surface area contributed by atoms with Crippen molar-refractivity contribution in [1.82, 2.24) is 0 Å². The molecular weight excluding hydrogens is 264 g/mol. The molecule has 1 heterocycles. The van der Waals surface area contributed by atoms with Gasteiger partial charge in [-0.3, -0.25) is 14.9 Å². The highest BCUT2D eigenvalue weighted by molar-refractivity contribution is 5.82. The van der Waals surface area contributed by atoms with Crippen molar-refractivity contribution >= 4 is 17.2 Å². The highest BCUT2D eigenvalue weighted by atomic mass is 16.6. The number of anilines is 1. The summed E-state index contributed by atoms with van der Waals surface area (Å²) >= 11 is 0. The van der Waals surface area contributed by atoms with Gasteiger partial charge in [0.15, 0.2) is 11.5 Å². The van der Waals surface area contributed by atoms with Crippen molar-refractivity contribution < 1.29 is 19.2 Å². The number of ketones is 1. The summed E-state index contributed by atoms with van der Waals surface area (Å²) < 4.78 is 10.3. The number of hydrogen-bond acceptors (Lipinski definition) is 6. The number of rotatable bonds is 4. The van der Waals surface area contributed by atoms with Crippen molar-refractivity contribution in [2.75, 3.05) is 32.2 Å². The smallest absolute Gasteiger partial charge is 0.296 e. The predicted octanol–water partition coefficient (Wildman–Crippen LogP) is 1.78.